The molecule has 1 amide bonds. The maximum Gasteiger partial charge on any atom is 0.268 e. The standard InChI is InChI=1S/C47H61ClN8O5S/c1-33(9-15-48)40-29-46(2,3)11-8-35(40)31-55-21-23-56(24-22-55)36-4-6-39(43(27-36)61-37-26-34-10-16-51-44(34)52-30-37)45(57)53-62(58,59)38-5-7-42(41(49)28-38)50-17-20-54-18-12-47(13-19-54)14-25-60-32-47/h4-7,10,16,26-28,30,50H,1,8-9,11-15,17-25,29,31-32,49H2,2-3H3,(H,51,52)(H,53,57). The van der Waals surface area contributed by atoms with Gasteiger partial charge in [0.1, 0.15) is 17.1 Å². The number of piperidine rings is 1. The van der Waals surface area contributed by atoms with Gasteiger partial charge in [-0.25, -0.2) is 18.1 Å². The normalized spacial score (nSPS) is 19.6. The smallest absolute Gasteiger partial charge is 0.268 e. The lowest BCUT2D eigenvalue weighted by atomic mass is 9.72. The van der Waals surface area contributed by atoms with E-state index >= 15 is 0 Å². The molecule has 4 aromatic rings. The largest absolute Gasteiger partial charge is 0.455 e. The van der Waals surface area contributed by atoms with Crippen molar-refractivity contribution in [1.82, 2.24) is 24.5 Å². The SMILES string of the molecule is C=C(CCCl)C1=C(CN2CCN(c3ccc(C(=O)NS(=O)(=O)c4ccc(NCCN5CCC6(CCOC6)CC5)c(N)c4)c(Oc4cnc5[nH]ccc5c4)c3)CC2)CCC(C)(C)C1. The maximum absolute atomic E-state index is 13.9. The Hall–Kier alpha value is -4.60. The Balaban J connectivity index is 0.936. The van der Waals surface area contributed by atoms with Crippen LogP contribution < -0.4 is 25.4 Å². The molecule has 4 aliphatic rings. The summed E-state index contributed by atoms with van der Waals surface area (Å²) in [5.41, 5.74) is 13.6. The van der Waals surface area contributed by atoms with Crippen LogP contribution in [0.25, 0.3) is 11.0 Å². The number of anilines is 3. The summed E-state index contributed by atoms with van der Waals surface area (Å²) in [6.07, 6.45) is 10.9. The number of aromatic nitrogens is 2. The number of allylic oxidation sites excluding steroid dienone is 2. The van der Waals surface area contributed by atoms with E-state index in [1.54, 1.807) is 24.5 Å². The second-order valence-electron chi connectivity index (χ2n) is 18.4. The fourth-order valence-corrected chi connectivity index (χ4v) is 10.6. The number of nitrogens with zero attached hydrogens (tertiary/aromatic N) is 4. The number of nitrogens with two attached hydrogens (primary N) is 1. The maximum atomic E-state index is 13.9. The molecule has 0 saturated carbocycles. The fourth-order valence-electron chi connectivity index (χ4n) is 9.41. The molecule has 2 aromatic heterocycles. The molecule has 62 heavy (non-hydrogen) atoms. The number of pyridine rings is 1. The van der Waals surface area contributed by atoms with Gasteiger partial charge in [0, 0.05) is 81.6 Å². The molecule has 5 heterocycles. The number of carbonyl (C=O) groups is 1. The van der Waals surface area contributed by atoms with Gasteiger partial charge in [0.05, 0.1) is 34.6 Å². The second kappa shape index (κ2) is 18.6. The van der Waals surface area contributed by atoms with E-state index in [0.29, 0.717) is 34.9 Å². The van der Waals surface area contributed by atoms with Gasteiger partial charge < -0.3 is 35.3 Å². The van der Waals surface area contributed by atoms with Crippen LogP contribution in [0.2, 0.25) is 0 Å². The highest BCUT2D eigenvalue weighted by atomic mass is 35.5. The summed E-state index contributed by atoms with van der Waals surface area (Å²) in [5, 5.41) is 4.20. The summed E-state index contributed by atoms with van der Waals surface area (Å²) in [4.78, 5) is 28.6. The molecule has 13 nitrogen and oxygen atoms in total. The lowest BCUT2D eigenvalue weighted by Gasteiger charge is -2.39. The zero-order valence-electron chi connectivity index (χ0n) is 36.1. The number of carbonyl (C=O) groups excluding carboxylic acids is 1. The Morgan fingerprint density at radius 2 is 1.82 bits per heavy atom. The number of likely N-dealkylation sites (tertiary alicyclic amines) is 1. The van der Waals surface area contributed by atoms with Crippen molar-refractivity contribution in [3.63, 3.8) is 0 Å². The van der Waals surface area contributed by atoms with Crippen LogP contribution in [-0.4, -0.2) is 112 Å². The first-order chi connectivity index (χ1) is 29.8. The lowest BCUT2D eigenvalue weighted by Crippen LogP contribution is -2.47. The molecular formula is C47H61ClN8O5S. The molecule has 1 aliphatic carbocycles. The number of piperazine rings is 1. The molecule has 332 valence electrons. The average molecular weight is 886 g/mol. The van der Waals surface area contributed by atoms with E-state index in [0.717, 1.165) is 122 Å². The van der Waals surface area contributed by atoms with Crippen LogP contribution in [0.5, 0.6) is 11.5 Å². The molecule has 0 radical (unpaired) electrons. The first kappa shape index (κ1) is 44.0. The first-order valence-electron chi connectivity index (χ1n) is 22.0. The van der Waals surface area contributed by atoms with E-state index in [1.165, 1.54) is 28.9 Å². The summed E-state index contributed by atoms with van der Waals surface area (Å²) >= 11 is 6.14. The van der Waals surface area contributed by atoms with Gasteiger partial charge in [0.25, 0.3) is 15.9 Å². The van der Waals surface area contributed by atoms with Gasteiger partial charge in [-0.3, -0.25) is 9.69 Å². The zero-order chi connectivity index (χ0) is 43.5. The molecule has 3 fully saturated rings. The molecule has 0 bridgehead atoms. The molecule has 3 aliphatic heterocycles. The third-order valence-corrected chi connectivity index (χ3v) is 14.9. The van der Waals surface area contributed by atoms with Crippen LogP contribution in [0.15, 0.2) is 89.1 Å². The molecule has 0 atom stereocenters. The number of ether oxygens (including phenoxy) is 2. The van der Waals surface area contributed by atoms with Crippen molar-refractivity contribution in [1.29, 1.82) is 0 Å². The minimum atomic E-state index is -4.30. The number of hydrogen-bond donors (Lipinski definition) is 4. The Morgan fingerprint density at radius 3 is 2.56 bits per heavy atom. The molecule has 3 saturated heterocycles. The van der Waals surface area contributed by atoms with Crippen LogP contribution in [0.1, 0.15) is 69.2 Å². The van der Waals surface area contributed by atoms with Crippen LogP contribution >= 0.6 is 11.6 Å². The summed E-state index contributed by atoms with van der Waals surface area (Å²) in [7, 11) is -4.30. The van der Waals surface area contributed by atoms with Gasteiger partial charge in [-0.1, -0.05) is 31.6 Å². The van der Waals surface area contributed by atoms with Crippen molar-refractivity contribution in [2.45, 2.75) is 63.7 Å². The molecule has 0 unspecified atom stereocenters. The summed E-state index contributed by atoms with van der Waals surface area (Å²) in [6, 6.07) is 13.5. The summed E-state index contributed by atoms with van der Waals surface area (Å²) in [5.74, 6) is 0.378. The number of alkyl halides is 1. The van der Waals surface area contributed by atoms with E-state index in [9.17, 15) is 13.2 Å². The predicted molar refractivity (Wildman–Crippen MR) is 248 cm³/mol. The van der Waals surface area contributed by atoms with Crippen molar-refractivity contribution >= 4 is 55.6 Å². The van der Waals surface area contributed by atoms with Crippen LogP contribution in [-0.2, 0) is 14.8 Å². The Bertz CT molecular complexity index is 2410. The highest BCUT2D eigenvalue weighted by Gasteiger charge is 2.38. The average Bonchev–Trinajstić information content (AvgIpc) is 3.92. The number of nitrogen functional groups attached to an aromatic ring is 1. The molecule has 2 aromatic carbocycles. The molecular weight excluding hydrogens is 824 g/mol. The number of rotatable bonds is 15. The van der Waals surface area contributed by atoms with Crippen LogP contribution in [0, 0.1) is 10.8 Å². The van der Waals surface area contributed by atoms with Crippen molar-refractivity contribution in [3.05, 3.63) is 89.8 Å². The third-order valence-electron chi connectivity index (χ3n) is 13.4. The van der Waals surface area contributed by atoms with Gasteiger partial charge in [-0.2, -0.15) is 0 Å². The van der Waals surface area contributed by atoms with Crippen LogP contribution in [0.3, 0.4) is 0 Å². The van der Waals surface area contributed by atoms with E-state index in [1.807, 2.05) is 24.3 Å². The van der Waals surface area contributed by atoms with Gasteiger partial charge in [-0.15, -0.1) is 11.6 Å². The summed E-state index contributed by atoms with van der Waals surface area (Å²) in [6.45, 7) is 18.6. The van der Waals surface area contributed by atoms with Gasteiger partial charge >= 0.3 is 0 Å². The first-order valence-corrected chi connectivity index (χ1v) is 24.0. The Morgan fingerprint density at radius 1 is 1.02 bits per heavy atom. The fraction of sp³-hybridized carbons (Fsp3) is 0.489. The Kier molecular flexibility index (Phi) is 13.2. The molecule has 5 N–H and O–H groups in total. The van der Waals surface area contributed by atoms with Gasteiger partial charge in [0.15, 0.2) is 0 Å². The molecule has 1 spiro atoms. The predicted octanol–water partition coefficient (Wildman–Crippen LogP) is 7.78. The lowest BCUT2D eigenvalue weighted by molar-refractivity contribution is 0.0826. The number of fused-ring (bicyclic) bond motifs is 1. The number of hydrogen-bond acceptors (Lipinski definition) is 11. The van der Waals surface area contributed by atoms with E-state index in [2.05, 4.69) is 55.1 Å². The number of H-pyrrole nitrogens is 1. The number of sulfonamides is 1. The number of benzene rings is 2. The van der Waals surface area contributed by atoms with E-state index < -0.39 is 15.9 Å². The minimum Gasteiger partial charge on any atom is -0.455 e. The number of halogens is 1. The van der Waals surface area contributed by atoms with Gasteiger partial charge in [0.2, 0.25) is 0 Å². The van der Waals surface area contributed by atoms with Gasteiger partial charge in [-0.05, 0) is 117 Å². The van der Waals surface area contributed by atoms with Crippen molar-refractivity contribution in [3.8, 4) is 11.5 Å². The monoisotopic (exact) mass is 884 g/mol. The van der Waals surface area contributed by atoms with Crippen molar-refractivity contribution in [2.75, 3.05) is 93.9 Å². The quantitative estimate of drug-likeness (QED) is 0.0683. The Labute approximate surface area is 371 Å². The summed E-state index contributed by atoms with van der Waals surface area (Å²) < 4.78 is 41.7. The van der Waals surface area contributed by atoms with Crippen LogP contribution in [0.4, 0.5) is 17.1 Å². The molecule has 8 rings (SSSR count). The third kappa shape index (κ3) is 10.3. The second-order valence-corrected chi connectivity index (χ2v) is 20.4. The number of nitrogens with one attached hydrogen (secondary N) is 3. The molecule has 15 heteroatoms. The van der Waals surface area contributed by atoms with E-state index in [-0.39, 0.29) is 27.3 Å². The van der Waals surface area contributed by atoms with Crippen molar-refractivity contribution in [2.24, 2.45) is 10.8 Å². The van der Waals surface area contributed by atoms with E-state index in [4.69, 9.17) is 26.8 Å². The topological polar surface area (TPSA) is 158 Å². The number of amides is 1. The highest BCUT2D eigenvalue weighted by Crippen LogP contribution is 2.42. The minimum absolute atomic E-state index is 0.0670. The number of aromatic amines is 1. The zero-order valence-corrected chi connectivity index (χ0v) is 37.7. The van der Waals surface area contributed by atoms with Crippen molar-refractivity contribution < 1.29 is 22.7 Å². The highest BCUT2D eigenvalue weighted by molar-refractivity contribution is 7.90.